The Hall–Kier alpha value is -2.20. The Bertz CT molecular complexity index is 650. The van der Waals surface area contributed by atoms with Crippen LogP contribution in [0.3, 0.4) is 0 Å². The summed E-state index contributed by atoms with van der Waals surface area (Å²) in [7, 11) is 0. The molecule has 0 radical (unpaired) electrons. The van der Waals surface area contributed by atoms with Gasteiger partial charge in [-0.15, -0.1) is 0 Å². The van der Waals surface area contributed by atoms with Crippen LogP contribution in [-0.2, 0) is 4.79 Å². The molecule has 0 aliphatic heterocycles. The van der Waals surface area contributed by atoms with Gasteiger partial charge in [-0.1, -0.05) is 44.2 Å². The van der Waals surface area contributed by atoms with Crippen LogP contribution in [0.2, 0.25) is 0 Å². The van der Waals surface area contributed by atoms with E-state index in [1.165, 1.54) is 0 Å². The molecule has 3 N–H and O–H groups in total. The van der Waals surface area contributed by atoms with Crippen LogP contribution in [0.25, 0.3) is 10.8 Å². The number of amides is 2. The molecule has 0 aliphatic carbocycles. The maximum Gasteiger partial charge on any atom is 0.257 e. The van der Waals surface area contributed by atoms with Gasteiger partial charge in [-0.25, -0.2) is 0 Å². The Morgan fingerprint density at radius 3 is 2.35 bits per heavy atom. The Morgan fingerprint density at radius 1 is 1.05 bits per heavy atom. The lowest BCUT2D eigenvalue weighted by Crippen LogP contribution is -2.46. The first-order valence-electron chi connectivity index (χ1n) is 6.58. The number of nitrogens with one attached hydrogen (secondary N) is 1. The van der Waals surface area contributed by atoms with Crippen molar-refractivity contribution >= 4 is 22.6 Å². The molecule has 0 aliphatic rings. The Balaban J connectivity index is 2.17. The first-order chi connectivity index (χ1) is 9.49. The zero-order valence-corrected chi connectivity index (χ0v) is 11.6. The molecular weight excluding hydrogens is 252 g/mol. The molecule has 104 valence electrons. The fourth-order valence-corrected chi connectivity index (χ4v) is 1.90. The van der Waals surface area contributed by atoms with E-state index in [1.807, 2.05) is 44.2 Å². The van der Waals surface area contributed by atoms with Crippen LogP contribution in [0.5, 0.6) is 0 Å². The van der Waals surface area contributed by atoms with E-state index in [4.69, 9.17) is 5.73 Å². The topological polar surface area (TPSA) is 72.2 Å². The van der Waals surface area contributed by atoms with Crippen molar-refractivity contribution in [3.8, 4) is 0 Å². The van der Waals surface area contributed by atoms with Crippen LogP contribution in [0.1, 0.15) is 24.2 Å². The SMILES string of the molecule is CC(C)[C@H](N)C(=O)NC(=O)c1ccc2ccccc2c1. The first-order valence-corrected chi connectivity index (χ1v) is 6.58. The molecule has 0 unspecified atom stereocenters. The molecule has 0 aromatic heterocycles. The van der Waals surface area contributed by atoms with Crippen molar-refractivity contribution in [2.24, 2.45) is 11.7 Å². The highest BCUT2D eigenvalue weighted by molar-refractivity contribution is 6.07. The molecule has 1 atom stereocenters. The first kappa shape index (κ1) is 14.2. The maximum atomic E-state index is 12.0. The van der Waals surface area contributed by atoms with Crippen molar-refractivity contribution < 1.29 is 9.59 Å². The van der Waals surface area contributed by atoms with Crippen molar-refractivity contribution in [3.63, 3.8) is 0 Å². The summed E-state index contributed by atoms with van der Waals surface area (Å²) in [5.41, 5.74) is 6.16. The van der Waals surface area contributed by atoms with Gasteiger partial charge >= 0.3 is 0 Å². The summed E-state index contributed by atoms with van der Waals surface area (Å²) < 4.78 is 0. The molecule has 4 nitrogen and oxygen atoms in total. The maximum absolute atomic E-state index is 12.0. The van der Waals surface area contributed by atoms with Gasteiger partial charge in [0.05, 0.1) is 6.04 Å². The van der Waals surface area contributed by atoms with Crippen LogP contribution < -0.4 is 11.1 Å². The van der Waals surface area contributed by atoms with Gasteiger partial charge in [0, 0.05) is 5.56 Å². The van der Waals surface area contributed by atoms with E-state index in [-0.39, 0.29) is 5.92 Å². The normalized spacial score (nSPS) is 12.4. The van der Waals surface area contributed by atoms with E-state index in [1.54, 1.807) is 12.1 Å². The molecule has 0 fully saturated rings. The molecule has 0 saturated carbocycles. The van der Waals surface area contributed by atoms with E-state index < -0.39 is 17.9 Å². The standard InChI is InChI=1S/C16H18N2O2/c1-10(2)14(17)16(20)18-15(19)13-8-7-11-5-3-4-6-12(11)9-13/h3-10,14H,17H2,1-2H3,(H,18,19,20)/t14-/m0/s1. The minimum atomic E-state index is -0.681. The van der Waals surface area contributed by atoms with Crippen LogP contribution in [0.15, 0.2) is 42.5 Å². The summed E-state index contributed by atoms with van der Waals surface area (Å²) >= 11 is 0. The summed E-state index contributed by atoms with van der Waals surface area (Å²) in [5.74, 6) is -0.880. The van der Waals surface area contributed by atoms with Crippen LogP contribution in [0.4, 0.5) is 0 Å². The Labute approximate surface area is 118 Å². The number of hydrogen-bond donors (Lipinski definition) is 2. The highest BCUT2D eigenvalue weighted by Gasteiger charge is 2.20. The van der Waals surface area contributed by atoms with E-state index in [0.717, 1.165) is 10.8 Å². The molecule has 2 amide bonds. The number of carbonyl (C=O) groups excluding carboxylic acids is 2. The lowest BCUT2D eigenvalue weighted by atomic mass is 10.0. The van der Waals surface area contributed by atoms with Crippen molar-refractivity contribution in [3.05, 3.63) is 48.0 Å². The highest BCUT2D eigenvalue weighted by Crippen LogP contribution is 2.15. The molecule has 4 heteroatoms. The fraction of sp³-hybridized carbons (Fsp3) is 0.250. The third-order valence-electron chi connectivity index (χ3n) is 3.27. The summed E-state index contributed by atoms with van der Waals surface area (Å²) in [6, 6.07) is 12.4. The van der Waals surface area contributed by atoms with E-state index >= 15 is 0 Å². The van der Waals surface area contributed by atoms with E-state index in [9.17, 15) is 9.59 Å². The number of rotatable bonds is 3. The molecule has 0 spiro atoms. The number of fused-ring (bicyclic) bond motifs is 1. The van der Waals surface area contributed by atoms with Gasteiger partial charge in [-0.05, 0) is 28.8 Å². The molecule has 0 saturated heterocycles. The number of carbonyl (C=O) groups is 2. The predicted octanol–water partition coefficient (Wildman–Crippen LogP) is 2.08. The summed E-state index contributed by atoms with van der Waals surface area (Å²) in [4.78, 5) is 23.8. The third kappa shape index (κ3) is 3.03. The van der Waals surface area contributed by atoms with Crippen LogP contribution in [-0.4, -0.2) is 17.9 Å². The monoisotopic (exact) mass is 270 g/mol. The zero-order valence-electron chi connectivity index (χ0n) is 11.6. The second-order valence-corrected chi connectivity index (χ2v) is 5.15. The minimum Gasteiger partial charge on any atom is -0.320 e. The Morgan fingerprint density at radius 2 is 1.70 bits per heavy atom. The molecule has 2 aromatic rings. The summed E-state index contributed by atoms with van der Waals surface area (Å²) in [6.07, 6.45) is 0. The van der Waals surface area contributed by atoms with Crippen molar-refractivity contribution in [1.82, 2.24) is 5.32 Å². The van der Waals surface area contributed by atoms with Crippen molar-refractivity contribution in [2.45, 2.75) is 19.9 Å². The molecule has 0 heterocycles. The molecule has 20 heavy (non-hydrogen) atoms. The molecule has 2 rings (SSSR count). The quantitative estimate of drug-likeness (QED) is 0.897. The largest absolute Gasteiger partial charge is 0.320 e. The van der Waals surface area contributed by atoms with Crippen molar-refractivity contribution in [1.29, 1.82) is 0 Å². The second-order valence-electron chi connectivity index (χ2n) is 5.15. The van der Waals surface area contributed by atoms with Gasteiger partial charge in [-0.3, -0.25) is 14.9 Å². The van der Waals surface area contributed by atoms with Crippen LogP contribution >= 0.6 is 0 Å². The van der Waals surface area contributed by atoms with Gasteiger partial charge < -0.3 is 5.73 Å². The lowest BCUT2D eigenvalue weighted by molar-refractivity contribution is -0.122. The predicted molar refractivity (Wildman–Crippen MR) is 79.2 cm³/mol. The zero-order chi connectivity index (χ0) is 14.7. The van der Waals surface area contributed by atoms with E-state index in [0.29, 0.717) is 5.56 Å². The number of nitrogens with two attached hydrogens (primary N) is 1. The third-order valence-corrected chi connectivity index (χ3v) is 3.27. The number of imide groups is 1. The molecule has 2 aromatic carbocycles. The van der Waals surface area contributed by atoms with E-state index in [2.05, 4.69) is 5.32 Å². The van der Waals surface area contributed by atoms with Crippen molar-refractivity contribution in [2.75, 3.05) is 0 Å². The fourth-order valence-electron chi connectivity index (χ4n) is 1.90. The second kappa shape index (κ2) is 5.84. The summed E-state index contributed by atoms with van der Waals surface area (Å²) in [5, 5.41) is 4.35. The number of hydrogen-bond acceptors (Lipinski definition) is 3. The lowest BCUT2D eigenvalue weighted by Gasteiger charge is -2.14. The number of benzene rings is 2. The molecular formula is C16H18N2O2. The smallest absolute Gasteiger partial charge is 0.257 e. The highest BCUT2D eigenvalue weighted by atomic mass is 16.2. The van der Waals surface area contributed by atoms with Gasteiger partial charge in [-0.2, -0.15) is 0 Å². The average molecular weight is 270 g/mol. The van der Waals surface area contributed by atoms with Crippen LogP contribution in [0, 0.1) is 5.92 Å². The Kier molecular flexibility index (Phi) is 4.15. The minimum absolute atomic E-state index is 0.0144. The van der Waals surface area contributed by atoms with Gasteiger partial charge in [0.25, 0.3) is 5.91 Å². The van der Waals surface area contributed by atoms with Gasteiger partial charge in [0.1, 0.15) is 0 Å². The van der Waals surface area contributed by atoms with Gasteiger partial charge in [0.2, 0.25) is 5.91 Å². The average Bonchev–Trinajstić information content (AvgIpc) is 2.45. The van der Waals surface area contributed by atoms with Gasteiger partial charge in [0.15, 0.2) is 0 Å². The summed E-state index contributed by atoms with van der Waals surface area (Å²) in [6.45, 7) is 3.68. The molecule has 0 bridgehead atoms.